The van der Waals surface area contributed by atoms with Gasteiger partial charge in [0.15, 0.2) is 12.4 Å². The maximum Gasteiger partial charge on any atom is 0.260 e. The molecule has 122 valence electrons. The number of carbonyl (C=O) groups excluding carboxylic acids is 1. The average molecular weight is 315 g/mol. The van der Waals surface area contributed by atoms with Gasteiger partial charge in [-0.25, -0.2) is 0 Å². The molecule has 0 aliphatic carbocycles. The molecular weight excluding hydrogens is 294 g/mol. The average Bonchev–Trinajstić information content (AvgIpc) is 3.16. The van der Waals surface area contributed by atoms with Gasteiger partial charge in [-0.15, -0.1) is 0 Å². The molecule has 1 saturated heterocycles. The summed E-state index contributed by atoms with van der Waals surface area (Å²) in [5.41, 5.74) is 2.15. The molecule has 3 rings (SSSR count). The zero-order valence-corrected chi connectivity index (χ0v) is 13.7. The molecule has 23 heavy (non-hydrogen) atoms. The van der Waals surface area contributed by atoms with Crippen molar-refractivity contribution in [3.8, 4) is 5.75 Å². The number of carbonyl (C=O) groups is 1. The molecule has 2 heterocycles. The molecule has 1 aromatic heterocycles. The number of rotatable bonds is 4. The lowest BCUT2D eigenvalue weighted by atomic mass is 10.1. The van der Waals surface area contributed by atoms with Gasteiger partial charge in [0.25, 0.3) is 5.91 Å². The predicted molar refractivity (Wildman–Crippen MR) is 84.4 cm³/mol. The Morgan fingerprint density at radius 2 is 2.22 bits per heavy atom. The quantitative estimate of drug-likeness (QED) is 0.866. The van der Waals surface area contributed by atoms with E-state index in [4.69, 9.17) is 9.26 Å². The summed E-state index contributed by atoms with van der Waals surface area (Å²) >= 11 is 0. The lowest BCUT2D eigenvalue weighted by Crippen LogP contribution is -2.33. The summed E-state index contributed by atoms with van der Waals surface area (Å²) in [7, 11) is 0. The molecule has 0 radical (unpaired) electrons. The summed E-state index contributed by atoms with van der Waals surface area (Å²) in [6.45, 7) is 7.13. The Kier molecular flexibility index (Phi) is 4.32. The van der Waals surface area contributed by atoms with Crippen LogP contribution >= 0.6 is 0 Å². The third kappa shape index (κ3) is 3.52. The van der Waals surface area contributed by atoms with Gasteiger partial charge in [0.2, 0.25) is 5.89 Å². The number of nitrogens with zero attached hydrogens (tertiary/aromatic N) is 3. The Labute approximate surface area is 135 Å². The van der Waals surface area contributed by atoms with Gasteiger partial charge in [-0.05, 0) is 44.4 Å². The van der Waals surface area contributed by atoms with E-state index >= 15 is 0 Å². The number of benzene rings is 1. The van der Waals surface area contributed by atoms with E-state index in [0.29, 0.717) is 24.8 Å². The molecule has 2 aromatic rings. The fourth-order valence-corrected chi connectivity index (χ4v) is 2.76. The first kappa shape index (κ1) is 15.5. The standard InChI is InChI=1S/C17H21N3O3/c1-11-4-5-12(2)15(8-11)22-10-16(21)20-7-6-14(9-20)17-18-13(3)19-23-17/h4-5,8,14H,6-7,9-10H2,1-3H3/t14-/m1/s1. The number of hydrogen-bond donors (Lipinski definition) is 0. The molecule has 1 aliphatic heterocycles. The van der Waals surface area contributed by atoms with Gasteiger partial charge in [-0.2, -0.15) is 4.98 Å². The summed E-state index contributed by atoms with van der Waals surface area (Å²) in [5.74, 6) is 2.13. The fourth-order valence-electron chi connectivity index (χ4n) is 2.76. The maximum atomic E-state index is 12.3. The van der Waals surface area contributed by atoms with Crippen molar-refractivity contribution >= 4 is 5.91 Å². The third-order valence-corrected chi connectivity index (χ3v) is 4.13. The zero-order valence-electron chi connectivity index (χ0n) is 13.7. The molecule has 0 N–H and O–H groups in total. The van der Waals surface area contributed by atoms with Crippen LogP contribution in [0, 0.1) is 20.8 Å². The third-order valence-electron chi connectivity index (χ3n) is 4.13. The molecule has 1 atom stereocenters. The van der Waals surface area contributed by atoms with E-state index in [1.807, 2.05) is 32.0 Å². The minimum absolute atomic E-state index is 0.00959. The van der Waals surface area contributed by atoms with Crippen molar-refractivity contribution in [2.45, 2.75) is 33.1 Å². The summed E-state index contributed by atoms with van der Waals surface area (Å²) in [6, 6.07) is 5.98. The molecule has 0 saturated carbocycles. The second-order valence-corrected chi connectivity index (χ2v) is 6.06. The summed E-state index contributed by atoms with van der Waals surface area (Å²) in [5, 5.41) is 3.81. The van der Waals surface area contributed by atoms with Crippen molar-refractivity contribution in [3.63, 3.8) is 0 Å². The minimum Gasteiger partial charge on any atom is -0.483 e. The van der Waals surface area contributed by atoms with Gasteiger partial charge in [0.1, 0.15) is 5.75 Å². The Bertz CT molecular complexity index is 711. The van der Waals surface area contributed by atoms with Crippen LogP contribution in [-0.2, 0) is 4.79 Å². The van der Waals surface area contributed by atoms with Crippen LogP contribution in [-0.4, -0.2) is 40.6 Å². The van der Waals surface area contributed by atoms with Crippen molar-refractivity contribution in [2.75, 3.05) is 19.7 Å². The van der Waals surface area contributed by atoms with Crippen LogP contribution in [0.2, 0.25) is 0 Å². The van der Waals surface area contributed by atoms with Crippen LogP contribution < -0.4 is 4.74 Å². The monoisotopic (exact) mass is 315 g/mol. The number of hydrogen-bond acceptors (Lipinski definition) is 5. The lowest BCUT2D eigenvalue weighted by Gasteiger charge is -2.17. The van der Waals surface area contributed by atoms with Gasteiger partial charge in [-0.1, -0.05) is 17.3 Å². The molecule has 6 nitrogen and oxygen atoms in total. The summed E-state index contributed by atoms with van der Waals surface area (Å²) < 4.78 is 10.9. The SMILES string of the molecule is Cc1ccc(C)c(OCC(=O)N2CC[C@@H](c3nc(C)no3)C2)c1. The predicted octanol–water partition coefficient (Wildman–Crippen LogP) is 2.39. The smallest absolute Gasteiger partial charge is 0.260 e. The van der Waals surface area contributed by atoms with E-state index in [0.717, 1.165) is 23.3 Å². The van der Waals surface area contributed by atoms with Gasteiger partial charge < -0.3 is 14.2 Å². The van der Waals surface area contributed by atoms with Crippen molar-refractivity contribution in [2.24, 2.45) is 0 Å². The van der Waals surface area contributed by atoms with E-state index in [1.165, 1.54) is 0 Å². The molecule has 6 heteroatoms. The fraction of sp³-hybridized carbons (Fsp3) is 0.471. The van der Waals surface area contributed by atoms with Crippen molar-refractivity contribution in [1.29, 1.82) is 0 Å². The van der Waals surface area contributed by atoms with Gasteiger partial charge in [0, 0.05) is 13.1 Å². The highest BCUT2D eigenvalue weighted by Crippen LogP contribution is 2.26. The Morgan fingerprint density at radius 1 is 1.39 bits per heavy atom. The topological polar surface area (TPSA) is 68.5 Å². The molecule has 1 aliphatic rings. The molecule has 0 bridgehead atoms. The number of aromatic nitrogens is 2. The molecule has 1 amide bonds. The second kappa shape index (κ2) is 6.40. The number of likely N-dealkylation sites (tertiary alicyclic amines) is 1. The highest BCUT2D eigenvalue weighted by atomic mass is 16.5. The number of amides is 1. The van der Waals surface area contributed by atoms with Gasteiger partial charge >= 0.3 is 0 Å². The van der Waals surface area contributed by atoms with Crippen LogP contribution in [0.5, 0.6) is 5.75 Å². The number of ether oxygens (including phenoxy) is 1. The molecule has 1 aromatic carbocycles. The van der Waals surface area contributed by atoms with E-state index in [2.05, 4.69) is 10.1 Å². The first-order chi connectivity index (χ1) is 11.0. The molecular formula is C17H21N3O3. The highest BCUT2D eigenvalue weighted by molar-refractivity contribution is 5.78. The molecule has 1 fully saturated rings. The van der Waals surface area contributed by atoms with Gasteiger partial charge in [0.05, 0.1) is 5.92 Å². The lowest BCUT2D eigenvalue weighted by molar-refractivity contribution is -0.132. The Hall–Kier alpha value is -2.37. The normalized spacial score (nSPS) is 17.5. The second-order valence-electron chi connectivity index (χ2n) is 6.06. The first-order valence-electron chi connectivity index (χ1n) is 7.81. The zero-order chi connectivity index (χ0) is 16.4. The van der Waals surface area contributed by atoms with Crippen molar-refractivity contribution in [3.05, 3.63) is 41.0 Å². The van der Waals surface area contributed by atoms with Crippen LogP contribution in [0.1, 0.15) is 35.2 Å². The van der Waals surface area contributed by atoms with Crippen LogP contribution in [0.15, 0.2) is 22.7 Å². The van der Waals surface area contributed by atoms with E-state index in [9.17, 15) is 4.79 Å². The molecule has 0 unspecified atom stereocenters. The minimum atomic E-state index is -0.00959. The summed E-state index contributed by atoms with van der Waals surface area (Å²) in [6.07, 6.45) is 0.844. The van der Waals surface area contributed by atoms with Crippen LogP contribution in [0.25, 0.3) is 0 Å². The van der Waals surface area contributed by atoms with Crippen molar-refractivity contribution in [1.82, 2.24) is 15.0 Å². The van der Waals surface area contributed by atoms with Crippen LogP contribution in [0.3, 0.4) is 0 Å². The Morgan fingerprint density at radius 3 is 2.96 bits per heavy atom. The first-order valence-corrected chi connectivity index (χ1v) is 7.81. The van der Waals surface area contributed by atoms with E-state index in [1.54, 1.807) is 11.8 Å². The van der Waals surface area contributed by atoms with Gasteiger partial charge in [-0.3, -0.25) is 4.79 Å². The van der Waals surface area contributed by atoms with Crippen LogP contribution in [0.4, 0.5) is 0 Å². The van der Waals surface area contributed by atoms with E-state index in [-0.39, 0.29) is 18.4 Å². The maximum absolute atomic E-state index is 12.3. The molecule has 0 spiro atoms. The van der Waals surface area contributed by atoms with Crippen molar-refractivity contribution < 1.29 is 14.1 Å². The van der Waals surface area contributed by atoms with E-state index < -0.39 is 0 Å². The number of aryl methyl sites for hydroxylation is 3. The summed E-state index contributed by atoms with van der Waals surface area (Å²) in [4.78, 5) is 18.4. The highest BCUT2D eigenvalue weighted by Gasteiger charge is 2.31. The Balaban J connectivity index is 1.56. The largest absolute Gasteiger partial charge is 0.483 e.